The third kappa shape index (κ3) is 4.38. The lowest BCUT2D eigenvalue weighted by molar-refractivity contribution is 0.0793. The molecule has 0 atom stereocenters. The van der Waals surface area contributed by atoms with Crippen molar-refractivity contribution in [2.75, 3.05) is 18.4 Å². The first-order chi connectivity index (χ1) is 12.0. The molecule has 3 heterocycles. The van der Waals surface area contributed by atoms with Gasteiger partial charge >= 0.3 is 0 Å². The van der Waals surface area contributed by atoms with Gasteiger partial charge in [0.1, 0.15) is 11.6 Å². The van der Waals surface area contributed by atoms with Crippen LogP contribution < -0.4 is 5.32 Å². The van der Waals surface area contributed by atoms with E-state index in [4.69, 9.17) is 0 Å². The van der Waals surface area contributed by atoms with Crippen molar-refractivity contribution >= 4 is 17.5 Å². The number of carbonyl (C=O) groups excluding carboxylic acids is 1. The molecule has 134 valence electrons. The van der Waals surface area contributed by atoms with E-state index in [0.29, 0.717) is 17.3 Å². The van der Waals surface area contributed by atoms with Gasteiger partial charge in [0, 0.05) is 37.5 Å². The van der Waals surface area contributed by atoms with Crippen LogP contribution in [0.25, 0.3) is 0 Å². The van der Waals surface area contributed by atoms with Gasteiger partial charge in [0.2, 0.25) is 0 Å². The molecular weight excluding hydrogens is 314 g/mol. The van der Waals surface area contributed by atoms with Gasteiger partial charge in [-0.05, 0) is 44.2 Å². The number of carbonyl (C=O) groups is 1. The first-order valence-electron chi connectivity index (χ1n) is 9.10. The maximum atomic E-state index is 12.6. The SMILES string of the molecule is Cc1cc(Nc2cc(C(=O)N3CCCC3)ccn2)n(CCC(C)C)n1. The Kier molecular flexibility index (Phi) is 5.36. The van der Waals surface area contributed by atoms with Gasteiger partial charge in [-0.3, -0.25) is 4.79 Å². The highest BCUT2D eigenvalue weighted by Gasteiger charge is 2.20. The molecule has 0 aromatic carbocycles. The molecule has 1 aliphatic rings. The fourth-order valence-electron chi connectivity index (χ4n) is 3.06. The van der Waals surface area contributed by atoms with Crippen LogP contribution in [0.4, 0.5) is 11.6 Å². The number of hydrogen-bond donors (Lipinski definition) is 1. The van der Waals surface area contributed by atoms with Crippen LogP contribution in [0.2, 0.25) is 0 Å². The van der Waals surface area contributed by atoms with Crippen molar-refractivity contribution in [3.8, 4) is 0 Å². The van der Waals surface area contributed by atoms with Gasteiger partial charge in [0.25, 0.3) is 5.91 Å². The molecule has 0 bridgehead atoms. The highest BCUT2D eigenvalue weighted by molar-refractivity contribution is 5.95. The summed E-state index contributed by atoms with van der Waals surface area (Å²) >= 11 is 0. The number of amides is 1. The van der Waals surface area contributed by atoms with Gasteiger partial charge in [-0.15, -0.1) is 0 Å². The van der Waals surface area contributed by atoms with E-state index in [1.807, 2.05) is 28.6 Å². The fourth-order valence-corrected chi connectivity index (χ4v) is 3.06. The summed E-state index contributed by atoms with van der Waals surface area (Å²) in [5, 5.41) is 7.87. The Morgan fingerprint density at radius 3 is 2.76 bits per heavy atom. The molecule has 0 radical (unpaired) electrons. The molecule has 2 aromatic rings. The molecule has 0 aliphatic carbocycles. The number of nitrogens with one attached hydrogen (secondary N) is 1. The van der Waals surface area contributed by atoms with Crippen LogP contribution in [0.5, 0.6) is 0 Å². The van der Waals surface area contributed by atoms with Gasteiger partial charge in [-0.2, -0.15) is 5.10 Å². The third-order valence-corrected chi connectivity index (χ3v) is 4.48. The van der Waals surface area contributed by atoms with Gasteiger partial charge in [-0.1, -0.05) is 13.8 Å². The molecule has 1 N–H and O–H groups in total. The molecule has 1 saturated heterocycles. The van der Waals surface area contributed by atoms with E-state index >= 15 is 0 Å². The summed E-state index contributed by atoms with van der Waals surface area (Å²) in [4.78, 5) is 18.8. The third-order valence-electron chi connectivity index (χ3n) is 4.48. The van der Waals surface area contributed by atoms with E-state index < -0.39 is 0 Å². The van der Waals surface area contributed by atoms with E-state index in [1.165, 1.54) is 0 Å². The van der Waals surface area contributed by atoms with Crippen LogP contribution in [-0.2, 0) is 6.54 Å². The predicted molar refractivity (Wildman–Crippen MR) is 99.1 cm³/mol. The summed E-state index contributed by atoms with van der Waals surface area (Å²) in [5.41, 5.74) is 1.65. The van der Waals surface area contributed by atoms with Crippen LogP contribution in [0, 0.1) is 12.8 Å². The lowest BCUT2D eigenvalue weighted by atomic mass is 10.1. The Morgan fingerprint density at radius 1 is 1.28 bits per heavy atom. The molecule has 1 fully saturated rings. The Bertz CT molecular complexity index is 731. The summed E-state index contributed by atoms with van der Waals surface area (Å²) < 4.78 is 1.98. The number of rotatable bonds is 6. The standard InChI is InChI=1S/C19H27N5O/c1-14(2)7-11-24-18(12-15(3)22-24)21-17-13-16(6-8-20-17)19(25)23-9-4-5-10-23/h6,8,12-14H,4-5,7,9-11H2,1-3H3,(H,20,21). The van der Waals surface area contributed by atoms with E-state index in [9.17, 15) is 4.79 Å². The largest absolute Gasteiger partial charge is 0.339 e. The Balaban J connectivity index is 1.75. The van der Waals surface area contributed by atoms with Crippen molar-refractivity contribution in [2.24, 2.45) is 5.92 Å². The second kappa shape index (κ2) is 7.68. The van der Waals surface area contributed by atoms with Crippen LogP contribution in [0.3, 0.4) is 0 Å². The normalized spacial score (nSPS) is 14.3. The quantitative estimate of drug-likeness (QED) is 0.872. The van der Waals surface area contributed by atoms with Crippen molar-refractivity contribution in [3.63, 3.8) is 0 Å². The topological polar surface area (TPSA) is 63.1 Å². The van der Waals surface area contributed by atoms with Crippen molar-refractivity contribution in [1.29, 1.82) is 0 Å². The number of hydrogen-bond acceptors (Lipinski definition) is 4. The maximum Gasteiger partial charge on any atom is 0.254 e. The minimum Gasteiger partial charge on any atom is -0.339 e. The molecule has 0 saturated carbocycles. The Labute approximate surface area is 149 Å². The zero-order valence-electron chi connectivity index (χ0n) is 15.3. The molecule has 25 heavy (non-hydrogen) atoms. The minimum absolute atomic E-state index is 0.0902. The van der Waals surface area contributed by atoms with E-state index in [0.717, 1.165) is 50.4 Å². The van der Waals surface area contributed by atoms with Gasteiger partial charge < -0.3 is 10.2 Å². The fraction of sp³-hybridized carbons (Fsp3) is 0.526. The molecular formula is C19H27N5O. The summed E-state index contributed by atoms with van der Waals surface area (Å²) in [7, 11) is 0. The van der Waals surface area contributed by atoms with Crippen molar-refractivity contribution in [2.45, 2.75) is 46.6 Å². The smallest absolute Gasteiger partial charge is 0.254 e. The van der Waals surface area contributed by atoms with Crippen molar-refractivity contribution in [1.82, 2.24) is 19.7 Å². The van der Waals surface area contributed by atoms with Crippen LogP contribution in [0.15, 0.2) is 24.4 Å². The zero-order valence-corrected chi connectivity index (χ0v) is 15.3. The summed E-state index contributed by atoms with van der Waals surface area (Å²) in [5.74, 6) is 2.30. The summed E-state index contributed by atoms with van der Waals surface area (Å²) in [6.45, 7) is 8.96. The first kappa shape index (κ1) is 17.5. The van der Waals surface area contributed by atoms with E-state index in [1.54, 1.807) is 12.3 Å². The molecule has 1 amide bonds. The number of aryl methyl sites for hydroxylation is 2. The van der Waals surface area contributed by atoms with Gasteiger partial charge in [-0.25, -0.2) is 9.67 Å². The number of likely N-dealkylation sites (tertiary alicyclic amines) is 1. The zero-order chi connectivity index (χ0) is 17.8. The monoisotopic (exact) mass is 341 g/mol. The van der Waals surface area contributed by atoms with Gasteiger partial charge in [0.05, 0.1) is 5.69 Å². The molecule has 2 aromatic heterocycles. The molecule has 0 spiro atoms. The predicted octanol–water partition coefficient (Wildman–Crippen LogP) is 3.61. The summed E-state index contributed by atoms with van der Waals surface area (Å²) in [6.07, 6.45) is 4.94. The second-order valence-electron chi connectivity index (χ2n) is 7.13. The van der Waals surface area contributed by atoms with Crippen molar-refractivity contribution in [3.05, 3.63) is 35.7 Å². The number of nitrogens with zero attached hydrogens (tertiary/aromatic N) is 4. The van der Waals surface area contributed by atoms with Crippen LogP contribution in [0.1, 0.15) is 49.2 Å². The molecule has 6 heteroatoms. The molecule has 0 unspecified atom stereocenters. The van der Waals surface area contributed by atoms with E-state index in [-0.39, 0.29) is 5.91 Å². The summed E-state index contributed by atoms with van der Waals surface area (Å²) in [6, 6.07) is 5.62. The first-order valence-corrected chi connectivity index (χ1v) is 9.10. The molecule has 3 rings (SSSR count). The maximum absolute atomic E-state index is 12.6. The van der Waals surface area contributed by atoms with Crippen molar-refractivity contribution < 1.29 is 4.79 Å². The van der Waals surface area contributed by atoms with E-state index in [2.05, 4.69) is 29.2 Å². The molecule has 1 aliphatic heterocycles. The lowest BCUT2D eigenvalue weighted by Gasteiger charge is -2.16. The highest BCUT2D eigenvalue weighted by Crippen LogP contribution is 2.20. The average molecular weight is 341 g/mol. The number of anilines is 2. The Morgan fingerprint density at radius 2 is 2.04 bits per heavy atom. The van der Waals surface area contributed by atoms with Gasteiger partial charge in [0.15, 0.2) is 0 Å². The minimum atomic E-state index is 0.0902. The second-order valence-corrected chi connectivity index (χ2v) is 7.13. The number of pyridine rings is 1. The lowest BCUT2D eigenvalue weighted by Crippen LogP contribution is -2.27. The van der Waals surface area contributed by atoms with Crippen LogP contribution >= 0.6 is 0 Å². The molecule has 6 nitrogen and oxygen atoms in total. The van der Waals surface area contributed by atoms with Crippen LogP contribution in [-0.4, -0.2) is 38.7 Å². The Hall–Kier alpha value is -2.37. The highest BCUT2D eigenvalue weighted by atomic mass is 16.2. The number of aromatic nitrogens is 3. The average Bonchev–Trinajstić information content (AvgIpc) is 3.22.